The number of hydrogen-bond acceptors (Lipinski definition) is 5. The van der Waals surface area contributed by atoms with Gasteiger partial charge in [-0.05, 0) is 26.7 Å². The van der Waals surface area contributed by atoms with E-state index in [1.807, 2.05) is 6.92 Å². The molecule has 0 radical (unpaired) electrons. The Morgan fingerprint density at radius 2 is 2.08 bits per heavy atom. The van der Waals surface area contributed by atoms with Crippen LogP contribution in [0.4, 0.5) is 0 Å². The lowest BCUT2D eigenvalue weighted by Gasteiger charge is -2.32. The Morgan fingerprint density at radius 3 is 2.62 bits per heavy atom. The molecule has 0 aromatic carbocycles. The van der Waals surface area contributed by atoms with Gasteiger partial charge in [0, 0.05) is 38.1 Å². The number of rotatable bonds is 5. The van der Waals surface area contributed by atoms with Crippen LogP contribution in [0.1, 0.15) is 28.4 Å². The van der Waals surface area contributed by atoms with Gasteiger partial charge in [-0.3, -0.25) is 14.7 Å². The maximum atomic E-state index is 11.4. The second-order valence-electron chi connectivity index (χ2n) is 6.04. The van der Waals surface area contributed by atoms with Crippen LogP contribution in [0.2, 0.25) is 0 Å². The zero-order valence-corrected chi connectivity index (χ0v) is 15.8. The summed E-state index contributed by atoms with van der Waals surface area (Å²) in [5, 5.41) is 10.6. The van der Waals surface area contributed by atoms with E-state index in [9.17, 15) is 4.79 Å². The Labute approximate surface area is 147 Å². The van der Waals surface area contributed by atoms with Gasteiger partial charge in [0.25, 0.3) is 0 Å². The normalized spacial score (nSPS) is 16.9. The number of nitrogens with zero attached hydrogens (tertiary/aromatic N) is 3. The van der Waals surface area contributed by atoms with E-state index < -0.39 is 0 Å². The third-order valence-electron chi connectivity index (χ3n) is 4.28. The molecule has 1 aliphatic rings. The highest BCUT2D eigenvalue weighted by Crippen LogP contribution is 2.16. The van der Waals surface area contributed by atoms with Gasteiger partial charge in [-0.25, -0.2) is 4.98 Å². The Kier molecular flexibility index (Phi) is 6.99. The third kappa shape index (κ3) is 5.45. The number of hydrogen-bond donors (Lipinski definition) is 3. The monoisotopic (exact) mass is 352 g/mol. The fourth-order valence-corrected chi connectivity index (χ4v) is 3.55. The first-order valence-corrected chi connectivity index (χ1v) is 9.16. The van der Waals surface area contributed by atoms with Crippen LogP contribution in [0.5, 0.6) is 0 Å². The maximum absolute atomic E-state index is 11.4. The summed E-state index contributed by atoms with van der Waals surface area (Å²) in [4.78, 5) is 23.7. The maximum Gasteiger partial charge on any atom is 0.233 e. The SMILES string of the molecule is CN=C(NCc1nc(C)c(C)s1)NC1CCN(CC(=O)NC)CC1. The van der Waals surface area contributed by atoms with Gasteiger partial charge >= 0.3 is 0 Å². The van der Waals surface area contributed by atoms with Crippen molar-refractivity contribution in [1.82, 2.24) is 25.8 Å². The molecule has 1 amide bonds. The van der Waals surface area contributed by atoms with Gasteiger partial charge in [0.2, 0.25) is 5.91 Å². The number of likely N-dealkylation sites (N-methyl/N-ethyl adjacent to an activating group) is 1. The Hall–Kier alpha value is -1.67. The van der Waals surface area contributed by atoms with Crippen molar-refractivity contribution in [2.24, 2.45) is 4.99 Å². The number of amides is 1. The first-order chi connectivity index (χ1) is 11.5. The van der Waals surface area contributed by atoms with Gasteiger partial charge in [-0.2, -0.15) is 0 Å². The minimum absolute atomic E-state index is 0.0768. The van der Waals surface area contributed by atoms with Crippen molar-refractivity contribution in [2.45, 2.75) is 39.3 Å². The van der Waals surface area contributed by atoms with Gasteiger partial charge < -0.3 is 16.0 Å². The van der Waals surface area contributed by atoms with Crippen molar-refractivity contribution in [3.05, 3.63) is 15.6 Å². The number of thiazole rings is 1. The molecule has 0 saturated carbocycles. The van der Waals surface area contributed by atoms with Crippen molar-refractivity contribution >= 4 is 23.2 Å². The molecule has 0 unspecified atom stereocenters. The van der Waals surface area contributed by atoms with E-state index in [0.717, 1.165) is 42.6 Å². The lowest BCUT2D eigenvalue weighted by molar-refractivity contribution is -0.122. The average molecular weight is 353 g/mol. The second-order valence-corrected chi connectivity index (χ2v) is 7.33. The van der Waals surface area contributed by atoms with Gasteiger partial charge in [0.1, 0.15) is 5.01 Å². The van der Waals surface area contributed by atoms with Crippen molar-refractivity contribution in [3.63, 3.8) is 0 Å². The van der Waals surface area contributed by atoms with E-state index in [0.29, 0.717) is 19.1 Å². The zero-order chi connectivity index (χ0) is 17.5. The highest BCUT2D eigenvalue weighted by Gasteiger charge is 2.21. The number of carbonyl (C=O) groups is 1. The summed E-state index contributed by atoms with van der Waals surface area (Å²) >= 11 is 1.72. The molecule has 0 bridgehead atoms. The topological polar surface area (TPSA) is 81.7 Å². The highest BCUT2D eigenvalue weighted by atomic mass is 32.1. The van der Waals surface area contributed by atoms with Gasteiger partial charge in [0.15, 0.2) is 5.96 Å². The summed E-state index contributed by atoms with van der Waals surface area (Å²) in [5.41, 5.74) is 1.10. The summed E-state index contributed by atoms with van der Waals surface area (Å²) in [7, 11) is 3.46. The molecule has 1 saturated heterocycles. The quantitative estimate of drug-likeness (QED) is 0.535. The van der Waals surface area contributed by atoms with Crippen LogP contribution in [0.15, 0.2) is 4.99 Å². The van der Waals surface area contributed by atoms with E-state index in [1.165, 1.54) is 4.88 Å². The number of piperidine rings is 1. The number of carbonyl (C=O) groups excluding carboxylic acids is 1. The van der Waals surface area contributed by atoms with Crippen molar-refractivity contribution in [2.75, 3.05) is 33.7 Å². The zero-order valence-electron chi connectivity index (χ0n) is 15.0. The van der Waals surface area contributed by atoms with E-state index in [4.69, 9.17) is 0 Å². The molecule has 1 aromatic heterocycles. The van der Waals surface area contributed by atoms with Crippen molar-refractivity contribution in [1.29, 1.82) is 0 Å². The number of likely N-dealkylation sites (tertiary alicyclic amines) is 1. The summed E-state index contributed by atoms with van der Waals surface area (Å²) in [6, 6.07) is 0.386. The molecule has 0 aliphatic carbocycles. The van der Waals surface area contributed by atoms with E-state index in [1.54, 1.807) is 25.4 Å². The Morgan fingerprint density at radius 1 is 1.38 bits per heavy atom. The first-order valence-electron chi connectivity index (χ1n) is 8.34. The molecular weight excluding hydrogens is 324 g/mol. The molecule has 1 aromatic rings. The number of aromatic nitrogens is 1. The highest BCUT2D eigenvalue weighted by molar-refractivity contribution is 7.11. The van der Waals surface area contributed by atoms with Crippen LogP contribution < -0.4 is 16.0 Å². The molecule has 134 valence electrons. The van der Waals surface area contributed by atoms with Crippen LogP contribution in [0, 0.1) is 13.8 Å². The molecule has 7 nitrogen and oxygen atoms in total. The predicted molar refractivity (Wildman–Crippen MR) is 98.5 cm³/mol. The van der Waals surface area contributed by atoms with E-state index >= 15 is 0 Å². The Balaban J connectivity index is 1.74. The lowest BCUT2D eigenvalue weighted by atomic mass is 10.1. The molecule has 2 rings (SSSR count). The van der Waals surface area contributed by atoms with Crippen LogP contribution in [-0.2, 0) is 11.3 Å². The van der Waals surface area contributed by atoms with E-state index in [2.05, 4.69) is 37.8 Å². The van der Waals surface area contributed by atoms with Gasteiger partial charge in [-0.15, -0.1) is 11.3 Å². The smallest absolute Gasteiger partial charge is 0.233 e. The van der Waals surface area contributed by atoms with Crippen LogP contribution >= 0.6 is 11.3 Å². The minimum Gasteiger partial charge on any atom is -0.358 e. The van der Waals surface area contributed by atoms with Crippen molar-refractivity contribution in [3.8, 4) is 0 Å². The predicted octanol–water partition coefficient (Wildman–Crippen LogP) is 0.635. The lowest BCUT2D eigenvalue weighted by Crippen LogP contribution is -2.49. The molecule has 24 heavy (non-hydrogen) atoms. The van der Waals surface area contributed by atoms with Gasteiger partial charge in [-0.1, -0.05) is 0 Å². The molecule has 1 fully saturated rings. The van der Waals surface area contributed by atoms with Gasteiger partial charge in [0.05, 0.1) is 18.8 Å². The fourth-order valence-electron chi connectivity index (χ4n) is 2.68. The largest absolute Gasteiger partial charge is 0.358 e. The molecule has 8 heteroatoms. The molecule has 0 spiro atoms. The van der Waals surface area contributed by atoms with Crippen LogP contribution in [0.3, 0.4) is 0 Å². The molecule has 2 heterocycles. The first kappa shape index (κ1) is 18.7. The summed E-state index contributed by atoms with van der Waals surface area (Å²) in [5.74, 6) is 0.887. The fraction of sp³-hybridized carbons (Fsp3) is 0.688. The summed E-state index contributed by atoms with van der Waals surface area (Å²) < 4.78 is 0. The van der Waals surface area contributed by atoms with Crippen LogP contribution in [0.25, 0.3) is 0 Å². The Bertz CT molecular complexity index is 558. The standard InChI is InChI=1S/C16H28N6OS/c1-11-12(2)24-15(20-11)9-19-16(18-4)21-13-5-7-22(8-6-13)10-14(23)17-3/h13H,5-10H2,1-4H3,(H,17,23)(H2,18,19,21). The summed E-state index contributed by atoms with van der Waals surface area (Å²) in [6.45, 7) is 7.15. The number of aliphatic imine (C=N–C) groups is 1. The average Bonchev–Trinajstić information content (AvgIpc) is 2.91. The number of nitrogens with one attached hydrogen (secondary N) is 3. The number of guanidine groups is 1. The van der Waals surface area contributed by atoms with E-state index in [-0.39, 0.29) is 5.91 Å². The van der Waals surface area contributed by atoms with Crippen LogP contribution in [-0.4, -0.2) is 61.5 Å². The number of aryl methyl sites for hydroxylation is 2. The molecular formula is C16H28N6OS. The second kappa shape index (κ2) is 8.98. The molecule has 3 N–H and O–H groups in total. The van der Waals surface area contributed by atoms with Crippen molar-refractivity contribution < 1.29 is 4.79 Å². The summed E-state index contributed by atoms with van der Waals surface area (Å²) in [6.07, 6.45) is 2.01. The minimum atomic E-state index is 0.0768. The molecule has 1 aliphatic heterocycles. The third-order valence-corrected chi connectivity index (χ3v) is 5.35. The molecule has 0 atom stereocenters.